The molecule has 0 spiro atoms. The molecule has 0 unspecified atom stereocenters. The normalized spacial score (nSPS) is 14.7. The van der Waals surface area contributed by atoms with Crippen LogP contribution in [0.15, 0.2) is 59.1 Å². The number of nitrogens with one attached hydrogen (secondary N) is 1. The number of rotatable bonds is 10. The van der Waals surface area contributed by atoms with Gasteiger partial charge in [-0.1, -0.05) is 67.2 Å². The van der Waals surface area contributed by atoms with E-state index in [0.717, 1.165) is 17.5 Å². The fraction of sp³-hybridized carbons (Fsp3) is 0.393. The molecule has 1 saturated carbocycles. The lowest BCUT2D eigenvalue weighted by molar-refractivity contribution is -0.133. The summed E-state index contributed by atoms with van der Waals surface area (Å²) in [6.45, 7) is 1.27. The summed E-state index contributed by atoms with van der Waals surface area (Å²) in [4.78, 5) is 27.6. The number of amides is 2. The molecule has 3 aromatic rings. The molecule has 2 aliphatic rings. The minimum absolute atomic E-state index is 0.0935. The van der Waals surface area contributed by atoms with Crippen molar-refractivity contribution in [2.45, 2.75) is 58.2 Å². The number of fused-ring (bicyclic) bond motifs is 1. The monoisotopic (exact) mass is 489 g/mol. The van der Waals surface area contributed by atoms with Crippen LogP contribution in [0.2, 0.25) is 0 Å². The van der Waals surface area contributed by atoms with Crippen molar-refractivity contribution in [3.8, 4) is 11.5 Å². The highest BCUT2D eigenvalue weighted by Crippen LogP contribution is 2.32. The molecule has 1 aromatic heterocycles. The fourth-order valence-electron chi connectivity index (χ4n) is 4.83. The van der Waals surface area contributed by atoms with Crippen molar-refractivity contribution in [2.24, 2.45) is 5.92 Å². The Hall–Kier alpha value is -3.81. The third kappa shape index (κ3) is 6.05. The zero-order valence-electron chi connectivity index (χ0n) is 20.3. The Labute approximate surface area is 210 Å². The van der Waals surface area contributed by atoms with Crippen LogP contribution in [-0.4, -0.2) is 28.7 Å². The molecule has 1 aliphatic heterocycles. The maximum Gasteiger partial charge on any atom is 0.273 e. The molecule has 1 fully saturated rings. The van der Waals surface area contributed by atoms with Crippen molar-refractivity contribution in [2.75, 3.05) is 6.79 Å². The Kier molecular flexibility index (Phi) is 7.50. The standard InChI is InChI=1S/C28H31N3O5/c32-27(13-11-20-6-4-5-7-20)31(17-21-8-2-1-3-9-21)18-23-15-24(30-36-23)28(33)29-16-22-10-12-25-26(14-22)35-19-34-25/h1-3,8-10,12,14-15,20H,4-7,11,13,16-19H2,(H,29,33). The molecular weight excluding hydrogens is 458 g/mol. The maximum atomic E-state index is 13.2. The van der Waals surface area contributed by atoms with Crippen LogP contribution in [0.3, 0.4) is 0 Å². The van der Waals surface area contributed by atoms with Gasteiger partial charge in [-0.15, -0.1) is 0 Å². The van der Waals surface area contributed by atoms with Crippen LogP contribution >= 0.6 is 0 Å². The van der Waals surface area contributed by atoms with E-state index >= 15 is 0 Å². The first kappa shape index (κ1) is 23.9. The van der Waals surface area contributed by atoms with Crippen LogP contribution in [0.5, 0.6) is 11.5 Å². The number of hydrogen-bond acceptors (Lipinski definition) is 6. The summed E-state index contributed by atoms with van der Waals surface area (Å²) < 4.78 is 16.2. The molecule has 0 saturated heterocycles. The zero-order chi connectivity index (χ0) is 24.7. The molecule has 0 atom stereocenters. The molecule has 188 valence electrons. The van der Waals surface area contributed by atoms with Gasteiger partial charge in [-0.3, -0.25) is 9.59 Å². The topological polar surface area (TPSA) is 93.9 Å². The smallest absolute Gasteiger partial charge is 0.273 e. The minimum Gasteiger partial charge on any atom is -0.454 e. The van der Waals surface area contributed by atoms with Gasteiger partial charge in [0, 0.05) is 25.6 Å². The Morgan fingerprint density at radius 2 is 1.75 bits per heavy atom. The highest BCUT2D eigenvalue weighted by molar-refractivity contribution is 5.92. The Morgan fingerprint density at radius 3 is 2.58 bits per heavy atom. The van der Waals surface area contributed by atoms with Crippen LogP contribution < -0.4 is 14.8 Å². The van der Waals surface area contributed by atoms with E-state index in [2.05, 4.69) is 10.5 Å². The summed E-state index contributed by atoms with van der Waals surface area (Å²) >= 11 is 0. The summed E-state index contributed by atoms with van der Waals surface area (Å²) in [6, 6.07) is 17.1. The second-order valence-corrected chi connectivity index (χ2v) is 9.47. The van der Waals surface area contributed by atoms with E-state index in [4.69, 9.17) is 14.0 Å². The van der Waals surface area contributed by atoms with Crippen molar-refractivity contribution in [1.82, 2.24) is 15.4 Å². The van der Waals surface area contributed by atoms with E-state index in [1.807, 2.05) is 48.5 Å². The molecule has 5 rings (SSSR count). The molecule has 1 aliphatic carbocycles. The molecule has 0 bridgehead atoms. The second-order valence-electron chi connectivity index (χ2n) is 9.47. The van der Waals surface area contributed by atoms with Gasteiger partial charge in [0.25, 0.3) is 5.91 Å². The van der Waals surface area contributed by atoms with Gasteiger partial charge in [0.05, 0.1) is 6.54 Å². The van der Waals surface area contributed by atoms with Gasteiger partial charge in [0.2, 0.25) is 12.7 Å². The average molecular weight is 490 g/mol. The molecule has 36 heavy (non-hydrogen) atoms. The predicted octanol–water partition coefficient (Wildman–Crippen LogP) is 4.83. The number of benzene rings is 2. The van der Waals surface area contributed by atoms with Crippen molar-refractivity contribution < 1.29 is 23.6 Å². The lowest BCUT2D eigenvalue weighted by atomic mass is 10.0. The number of aromatic nitrogens is 1. The van der Waals surface area contributed by atoms with Crippen molar-refractivity contribution >= 4 is 11.8 Å². The van der Waals surface area contributed by atoms with Gasteiger partial charge in [0.1, 0.15) is 0 Å². The summed E-state index contributed by atoms with van der Waals surface area (Å²) in [5, 5.41) is 6.79. The molecule has 2 heterocycles. The Morgan fingerprint density at radius 1 is 0.944 bits per heavy atom. The first-order chi connectivity index (χ1) is 17.6. The predicted molar refractivity (Wildman–Crippen MR) is 132 cm³/mol. The van der Waals surface area contributed by atoms with Crippen molar-refractivity contribution in [3.63, 3.8) is 0 Å². The molecule has 1 N–H and O–H groups in total. The summed E-state index contributed by atoms with van der Waals surface area (Å²) in [5.41, 5.74) is 2.12. The van der Waals surface area contributed by atoms with E-state index in [9.17, 15) is 9.59 Å². The van der Waals surface area contributed by atoms with E-state index < -0.39 is 0 Å². The summed E-state index contributed by atoms with van der Waals surface area (Å²) in [7, 11) is 0. The molecule has 2 aromatic carbocycles. The number of carbonyl (C=O) groups is 2. The van der Waals surface area contributed by atoms with Crippen LogP contribution in [0.4, 0.5) is 0 Å². The SMILES string of the molecule is O=C(NCc1ccc2c(c1)OCO2)c1cc(CN(Cc2ccccc2)C(=O)CCC2CCCC2)on1. The van der Waals surface area contributed by atoms with Gasteiger partial charge >= 0.3 is 0 Å². The largest absolute Gasteiger partial charge is 0.454 e. The van der Waals surface area contributed by atoms with Gasteiger partial charge in [0.15, 0.2) is 23.0 Å². The summed E-state index contributed by atoms with van der Waals surface area (Å²) in [6.07, 6.45) is 6.43. The van der Waals surface area contributed by atoms with Crippen LogP contribution in [0, 0.1) is 5.92 Å². The van der Waals surface area contributed by atoms with Crippen molar-refractivity contribution in [3.05, 3.63) is 77.2 Å². The highest BCUT2D eigenvalue weighted by atomic mass is 16.7. The number of hydrogen-bond donors (Lipinski definition) is 1. The van der Waals surface area contributed by atoms with Gasteiger partial charge in [-0.05, 0) is 35.6 Å². The molecule has 8 nitrogen and oxygen atoms in total. The Bertz CT molecular complexity index is 1190. The van der Waals surface area contributed by atoms with Crippen LogP contribution in [0.25, 0.3) is 0 Å². The first-order valence-electron chi connectivity index (χ1n) is 12.6. The van der Waals surface area contributed by atoms with E-state index in [0.29, 0.717) is 42.7 Å². The van der Waals surface area contributed by atoms with Crippen LogP contribution in [-0.2, 0) is 24.4 Å². The molecule has 0 radical (unpaired) electrons. The lowest BCUT2D eigenvalue weighted by Crippen LogP contribution is -2.30. The van der Waals surface area contributed by atoms with Gasteiger partial charge in [-0.2, -0.15) is 0 Å². The number of nitrogens with zero attached hydrogens (tertiary/aromatic N) is 2. The number of ether oxygens (including phenoxy) is 2. The van der Waals surface area contributed by atoms with Crippen molar-refractivity contribution in [1.29, 1.82) is 0 Å². The van der Waals surface area contributed by atoms with E-state index in [1.54, 1.807) is 11.0 Å². The van der Waals surface area contributed by atoms with Gasteiger partial charge in [-0.25, -0.2) is 0 Å². The molecular formula is C28H31N3O5. The van der Waals surface area contributed by atoms with E-state index in [1.165, 1.54) is 25.7 Å². The first-order valence-corrected chi connectivity index (χ1v) is 12.6. The lowest BCUT2D eigenvalue weighted by Gasteiger charge is -2.22. The zero-order valence-corrected chi connectivity index (χ0v) is 20.3. The quantitative estimate of drug-likeness (QED) is 0.438. The Balaban J connectivity index is 1.20. The van der Waals surface area contributed by atoms with Gasteiger partial charge < -0.3 is 24.2 Å². The number of carbonyl (C=O) groups excluding carboxylic acids is 2. The van der Waals surface area contributed by atoms with Crippen LogP contribution in [0.1, 0.15) is 65.9 Å². The minimum atomic E-state index is -0.343. The third-order valence-electron chi connectivity index (χ3n) is 6.84. The third-order valence-corrected chi connectivity index (χ3v) is 6.84. The fourth-order valence-corrected chi connectivity index (χ4v) is 4.83. The molecule has 8 heteroatoms. The second kappa shape index (κ2) is 11.3. The molecule has 2 amide bonds. The van der Waals surface area contributed by atoms with E-state index in [-0.39, 0.29) is 30.8 Å². The summed E-state index contributed by atoms with van der Waals surface area (Å²) in [5.74, 6) is 2.25. The highest BCUT2D eigenvalue weighted by Gasteiger charge is 2.22. The average Bonchev–Trinajstić information content (AvgIpc) is 3.68. The maximum absolute atomic E-state index is 13.2.